The number of nitrogens with two attached hydrogens (primary N) is 1. The van der Waals surface area contributed by atoms with E-state index in [1.54, 1.807) is 12.1 Å². The van der Waals surface area contributed by atoms with Gasteiger partial charge in [-0.25, -0.2) is 4.39 Å². The molecule has 1 aromatic carbocycles. The molecule has 1 fully saturated rings. The molecule has 1 aliphatic carbocycles. The standard InChI is InChI=1S/C16H15ClFN3OS/c1-20-12(5-13(19)22)14-10-6-16(10,7-21(14)15(20)23)9-4-8(17)2-3-11(9)18/h2-4,10H,5-7H2,1H3,(H2,19,22)/t10?,16-/m1/s1. The highest BCUT2D eigenvalue weighted by Gasteiger charge is 2.63. The summed E-state index contributed by atoms with van der Waals surface area (Å²) in [5.41, 5.74) is 7.58. The van der Waals surface area contributed by atoms with Gasteiger partial charge in [0.2, 0.25) is 5.91 Å². The molecule has 120 valence electrons. The van der Waals surface area contributed by atoms with E-state index in [-0.39, 0.29) is 23.6 Å². The maximum Gasteiger partial charge on any atom is 0.223 e. The minimum absolute atomic E-state index is 0.146. The van der Waals surface area contributed by atoms with Crippen LogP contribution in [-0.2, 0) is 30.2 Å². The smallest absolute Gasteiger partial charge is 0.223 e. The van der Waals surface area contributed by atoms with E-state index in [2.05, 4.69) is 0 Å². The first-order valence-electron chi connectivity index (χ1n) is 7.37. The molecule has 1 aromatic heterocycles. The molecule has 1 unspecified atom stereocenters. The number of benzene rings is 1. The number of carbonyl (C=O) groups excluding carboxylic acids is 1. The predicted octanol–water partition coefficient (Wildman–Crippen LogP) is 2.82. The quantitative estimate of drug-likeness (QED) is 0.864. The number of primary amides is 1. The molecule has 23 heavy (non-hydrogen) atoms. The number of nitrogens with zero attached hydrogens (tertiary/aromatic N) is 2. The zero-order chi connectivity index (χ0) is 16.5. The molecule has 2 N–H and O–H groups in total. The third-order valence-corrected chi connectivity index (χ3v) is 5.89. The number of halogens is 2. The second-order valence-corrected chi connectivity index (χ2v) is 7.24. The molecule has 4 rings (SSSR count). The van der Waals surface area contributed by atoms with E-state index in [9.17, 15) is 9.18 Å². The fourth-order valence-electron chi connectivity index (χ4n) is 4.03. The molecule has 2 heterocycles. The molecule has 1 amide bonds. The Morgan fingerprint density at radius 1 is 1.57 bits per heavy atom. The summed E-state index contributed by atoms with van der Waals surface area (Å²) < 4.78 is 18.8. The van der Waals surface area contributed by atoms with Crippen LogP contribution in [0.25, 0.3) is 0 Å². The van der Waals surface area contributed by atoms with Gasteiger partial charge in [-0.3, -0.25) is 4.79 Å². The third kappa shape index (κ3) is 1.94. The molecule has 0 radical (unpaired) electrons. The topological polar surface area (TPSA) is 52.9 Å². The van der Waals surface area contributed by atoms with Gasteiger partial charge < -0.3 is 14.9 Å². The second kappa shape index (κ2) is 4.68. The van der Waals surface area contributed by atoms with Gasteiger partial charge in [0.1, 0.15) is 5.82 Å². The van der Waals surface area contributed by atoms with Crippen molar-refractivity contribution in [3.8, 4) is 0 Å². The number of imidazole rings is 1. The zero-order valence-electron chi connectivity index (χ0n) is 12.5. The number of fused-ring (bicyclic) bond motifs is 3. The average molecular weight is 352 g/mol. The normalized spacial score (nSPS) is 24.4. The highest BCUT2D eigenvalue weighted by molar-refractivity contribution is 7.71. The van der Waals surface area contributed by atoms with E-state index in [0.717, 1.165) is 17.8 Å². The maximum atomic E-state index is 14.3. The first-order valence-corrected chi connectivity index (χ1v) is 8.16. The van der Waals surface area contributed by atoms with E-state index in [1.165, 1.54) is 6.07 Å². The van der Waals surface area contributed by atoms with Crippen LogP contribution in [0, 0.1) is 10.6 Å². The van der Waals surface area contributed by atoms with E-state index in [4.69, 9.17) is 29.6 Å². The van der Waals surface area contributed by atoms with Crippen molar-refractivity contribution in [1.82, 2.24) is 9.13 Å². The van der Waals surface area contributed by atoms with Crippen molar-refractivity contribution in [2.45, 2.75) is 30.7 Å². The van der Waals surface area contributed by atoms with E-state index in [0.29, 0.717) is 21.9 Å². The van der Waals surface area contributed by atoms with Crippen molar-refractivity contribution in [3.05, 3.63) is 50.8 Å². The lowest BCUT2D eigenvalue weighted by Gasteiger charge is -2.15. The van der Waals surface area contributed by atoms with Crippen LogP contribution >= 0.6 is 23.8 Å². The minimum Gasteiger partial charge on any atom is -0.369 e. The number of hydrogen-bond acceptors (Lipinski definition) is 2. The molecule has 2 atom stereocenters. The lowest BCUT2D eigenvalue weighted by Crippen LogP contribution is -2.17. The van der Waals surface area contributed by atoms with Crippen LogP contribution in [0.2, 0.25) is 5.02 Å². The Morgan fingerprint density at radius 3 is 3.00 bits per heavy atom. The van der Waals surface area contributed by atoms with Gasteiger partial charge in [-0.2, -0.15) is 0 Å². The summed E-state index contributed by atoms with van der Waals surface area (Å²) in [6, 6.07) is 4.68. The summed E-state index contributed by atoms with van der Waals surface area (Å²) in [6.45, 7) is 0.621. The van der Waals surface area contributed by atoms with Crippen LogP contribution in [0.1, 0.15) is 29.3 Å². The Hall–Kier alpha value is -1.66. The summed E-state index contributed by atoms with van der Waals surface area (Å²) in [5.74, 6) is -0.474. The first kappa shape index (κ1) is 14.9. The van der Waals surface area contributed by atoms with Crippen LogP contribution in [-0.4, -0.2) is 15.0 Å². The van der Waals surface area contributed by atoms with Crippen molar-refractivity contribution in [2.75, 3.05) is 0 Å². The van der Waals surface area contributed by atoms with E-state index < -0.39 is 5.91 Å². The van der Waals surface area contributed by atoms with Crippen LogP contribution in [0.4, 0.5) is 4.39 Å². The highest BCUT2D eigenvalue weighted by Crippen LogP contribution is 2.66. The van der Waals surface area contributed by atoms with E-state index >= 15 is 0 Å². The molecule has 4 nitrogen and oxygen atoms in total. The molecule has 1 aliphatic heterocycles. The van der Waals surface area contributed by atoms with Crippen molar-refractivity contribution >= 4 is 29.7 Å². The van der Waals surface area contributed by atoms with Gasteiger partial charge in [0, 0.05) is 41.3 Å². The van der Waals surface area contributed by atoms with Crippen molar-refractivity contribution in [2.24, 2.45) is 12.8 Å². The summed E-state index contributed by atoms with van der Waals surface area (Å²) in [5, 5.41) is 0.527. The Bertz CT molecular complexity index is 919. The van der Waals surface area contributed by atoms with Crippen molar-refractivity contribution in [1.29, 1.82) is 0 Å². The minimum atomic E-state index is -0.393. The summed E-state index contributed by atoms with van der Waals surface area (Å²) in [7, 11) is 1.84. The Morgan fingerprint density at radius 2 is 2.30 bits per heavy atom. The summed E-state index contributed by atoms with van der Waals surface area (Å²) >= 11 is 11.5. The number of carbonyl (C=O) groups is 1. The van der Waals surface area contributed by atoms with Crippen LogP contribution < -0.4 is 5.73 Å². The zero-order valence-corrected chi connectivity index (χ0v) is 14.0. The largest absolute Gasteiger partial charge is 0.369 e. The average Bonchev–Trinajstić information content (AvgIpc) is 3.05. The number of amides is 1. The van der Waals surface area contributed by atoms with Crippen LogP contribution in [0.3, 0.4) is 0 Å². The maximum absolute atomic E-state index is 14.3. The van der Waals surface area contributed by atoms with Gasteiger partial charge in [-0.05, 0) is 42.4 Å². The van der Waals surface area contributed by atoms with Crippen molar-refractivity contribution in [3.63, 3.8) is 0 Å². The van der Waals surface area contributed by atoms with Crippen molar-refractivity contribution < 1.29 is 9.18 Å². The van der Waals surface area contributed by atoms with E-state index in [1.807, 2.05) is 16.2 Å². The Balaban J connectivity index is 1.84. The fourth-order valence-corrected chi connectivity index (χ4v) is 4.47. The van der Waals surface area contributed by atoms with Gasteiger partial charge in [0.05, 0.1) is 6.42 Å². The molecule has 2 aliphatic rings. The summed E-state index contributed by atoms with van der Waals surface area (Å²) in [4.78, 5) is 11.4. The van der Waals surface area contributed by atoms with Crippen LogP contribution in [0.5, 0.6) is 0 Å². The molecule has 2 aromatic rings. The highest BCUT2D eigenvalue weighted by atomic mass is 35.5. The fraction of sp³-hybridized carbons (Fsp3) is 0.375. The predicted molar refractivity (Wildman–Crippen MR) is 87.6 cm³/mol. The summed E-state index contributed by atoms with van der Waals surface area (Å²) in [6.07, 6.45) is 0.988. The monoisotopic (exact) mass is 351 g/mol. The number of aromatic nitrogens is 2. The molecule has 1 saturated carbocycles. The van der Waals surface area contributed by atoms with Gasteiger partial charge in [-0.1, -0.05) is 11.6 Å². The van der Waals surface area contributed by atoms with Gasteiger partial charge in [-0.15, -0.1) is 0 Å². The number of rotatable bonds is 3. The molecular weight excluding hydrogens is 337 g/mol. The van der Waals surface area contributed by atoms with Gasteiger partial charge in [0.15, 0.2) is 4.77 Å². The van der Waals surface area contributed by atoms with Crippen LogP contribution in [0.15, 0.2) is 18.2 Å². The molecular formula is C16H15ClFN3OS. The first-order chi connectivity index (χ1) is 10.8. The second-order valence-electron chi connectivity index (χ2n) is 6.44. The Labute approximate surface area is 142 Å². The lowest BCUT2D eigenvalue weighted by atomic mass is 9.93. The molecule has 0 spiro atoms. The Kier molecular flexibility index (Phi) is 3.03. The van der Waals surface area contributed by atoms with Gasteiger partial charge in [0.25, 0.3) is 0 Å². The van der Waals surface area contributed by atoms with Gasteiger partial charge >= 0.3 is 0 Å². The molecule has 0 saturated heterocycles. The number of hydrogen-bond donors (Lipinski definition) is 1. The lowest BCUT2D eigenvalue weighted by molar-refractivity contribution is -0.117. The molecule has 7 heteroatoms. The molecule has 0 bridgehead atoms. The SMILES string of the molecule is Cn1c(CC(N)=O)c2n(c1=S)C[C@@]1(c3cc(Cl)ccc3F)CC21. The third-order valence-electron chi connectivity index (χ3n) is 5.16.